The minimum Gasteiger partial charge on any atom is -0.329 e. The molecule has 0 heterocycles. The van der Waals surface area contributed by atoms with Gasteiger partial charge in [0.2, 0.25) is 0 Å². The van der Waals surface area contributed by atoms with Crippen molar-refractivity contribution in [3.63, 3.8) is 0 Å². The average Bonchev–Trinajstić information content (AvgIpc) is 2.42. The normalized spacial score (nSPS) is 10.7. The third-order valence-corrected chi connectivity index (χ3v) is 2.76. The van der Waals surface area contributed by atoms with Crippen molar-refractivity contribution in [2.75, 3.05) is 13.1 Å². The average molecular weight is 226 g/mol. The van der Waals surface area contributed by atoms with Crippen LogP contribution in [0.15, 0.2) is 60.7 Å². The van der Waals surface area contributed by atoms with Crippen molar-refractivity contribution in [2.24, 2.45) is 5.73 Å². The van der Waals surface area contributed by atoms with Crippen LogP contribution in [0.4, 0.5) is 0 Å². The number of benzene rings is 2. The third kappa shape index (κ3) is 3.16. The molecule has 0 amide bonds. The van der Waals surface area contributed by atoms with Gasteiger partial charge in [-0.2, -0.15) is 0 Å². The first-order valence-electron chi connectivity index (χ1n) is 5.95. The van der Waals surface area contributed by atoms with Crippen LogP contribution in [0.5, 0.6) is 0 Å². The maximum Gasteiger partial charge on any atom is 0.0577 e. The predicted octanol–water partition coefficient (Wildman–Crippen LogP) is 2.32. The molecule has 17 heavy (non-hydrogen) atoms. The SMILES string of the molecule is NCCNC(c1ccccc1)c1ccccc1. The molecule has 0 aliphatic rings. The maximum atomic E-state index is 5.57. The van der Waals surface area contributed by atoms with Crippen LogP contribution >= 0.6 is 0 Å². The minimum absolute atomic E-state index is 0.223. The zero-order valence-electron chi connectivity index (χ0n) is 9.84. The monoisotopic (exact) mass is 226 g/mol. The topological polar surface area (TPSA) is 38.0 Å². The molecule has 0 bridgehead atoms. The van der Waals surface area contributed by atoms with E-state index in [9.17, 15) is 0 Å². The summed E-state index contributed by atoms with van der Waals surface area (Å²) in [4.78, 5) is 0. The summed E-state index contributed by atoms with van der Waals surface area (Å²) in [5.74, 6) is 0. The van der Waals surface area contributed by atoms with E-state index in [1.165, 1.54) is 11.1 Å². The van der Waals surface area contributed by atoms with Gasteiger partial charge in [-0.05, 0) is 11.1 Å². The Bertz CT molecular complexity index is 386. The number of rotatable bonds is 5. The summed E-state index contributed by atoms with van der Waals surface area (Å²) in [5, 5.41) is 3.48. The highest BCUT2D eigenvalue weighted by atomic mass is 14.9. The van der Waals surface area contributed by atoms with Gasteiger partial charge in [-0.15, -0.1) is 0 Å². The Labute approximate surface area is 102 Å². The summed E-state index contributed by atoms with van der Waals surface area (Å²) in [6, 6.07) is 21.1. The second-order valence-corrected chi connectivity index (χ2v) is 4.00. The molecule has 2 rings (SSSR count). The summed E-state index contributed by atoms with van der Waals surface area (Å²) in [7, 11) is 0. The van der Waals surface area contributed by atoms with E-state index in [1.807, 2.05) is 12.1 Å². The van der Waals surface area contributed by atoms with Crippen molar-refractivity contribution >= 4 is 0 Å². The number of hydrogen-bond donors (Lipinski definition) is 2. The van der Waals surface area contributed by atoms with Crippen molar-refractivity contribution < 1.29 is 0 Å². The maximum absolute atomic E-state index is 5.57. The van der Waals surface area contributed by atoms with E-state index in [2.05, 4.69) is 53.8 Å². The van der Waals surface area contributed by atoms with Crippen molar-refractivity contribution in [3.05, 3.63) is 71.8 Å². The fourth-order valence-electron chi connectivity index (χ4n) is 1.95. The third-order valence-electron chi connectivity index (χ3n) is 2.76. The van der Waals surface area contributed by atoms with Gasteiger partial charge in [-0.1, -0.05) is 60.7 Å². The van der Waals surface area contributed by atoms with E-state index in [1.54, 1.807) is 0 Å². The Morgan fingerprint density at radius 1 is 0.824 bits per heavy atom. The highest BCUT2D eigenvalue weighted by Crippen LogP contribution is 2.21. The summed E-state index contributed by atoms with van der Waals surface area (Å²) < 4.78 is 0. The molecular formula is C15H18N2. The van der Waals surface area contributed by atoms with E-state index < -0.39 is 0 Å². The number of nitrogens with two attached hydrogens (primary N) is 1. The summed E-state index contributed by atoms with van der Waals surface area (Å²) in [6.45, 7) is 1.46. The zero-order valence-corrected chi connectivity index (χ0v) is 9.84. The largest absolute Gasteiger partial charge is 0.329 e. The van der Waals surface area contributed by atoms with Gasteiger partial charge in [0, 0.05) is 13.1 Å². The van der Waals surface area contributed by atoms with Gasteiger partial charge in [0.05, 0.1) is 6.04 Å². The van der Waals surface area contributed by atoms with E-state index in [0.717, 1.165) is 6.54 Å². The van der Waals surface area contributed by atoms with Crippen LogP contribution in [0.3, 0.4) is 0 Å². The van der Waals surface area contributed by atoms with E-state index >= 15 is 0 Å². The standard InChI is InChI=1S/C15H18N2/c16-11-12-17-15(13-7-3-1-4-8-13)14-9-5-2-6-10-14/h1-10,15,17H,11-12,16H2. The smallest absolute Gasteiger partial charge is 0.0577 e. The lowest BCUT2D eigenvalue weighted by Gasteiger charge is -2.19. The van der Waals surface area contributed by atoms with Crippen LogP contribution < -0.4 is 11.1 Å². The molecule has 0 fully saturated rings. The summed E-state index contributed by atoms with van der Waals surface area (Å²) >= 11 is 0. The first-order valence-corrected chi connectivity index (χ1v) is 5.95. The van der Waals surface area contributed by atoms with Gasteiger partial charge in [-0.25, -0.2) is 0 Å². The molecule has 0 saturated carbocycles. The van der Waals surface area contributed by atoms with Crippen LogP contribution in [0.1, 0.15) is 17.2 Å². The molecule has 2 aromatic rings. The predicted molar refractivity (Wildman–Crippen MR) is 71.8 cm³/mol. The zero-order chi connectivity index (χ0) is 11.9. The molecule has 0 radical (unpaired) electrons. The molecule has 2 heteroatoms. The van der Waals surface area contributed by atoms with Crippen LogP contribution in [0.25, 0.3) is 0 Å². The fraction of sp³-hybridized carbons (Fsp3) is 0.200. The molecule has 0 aliphatic heterocycles. The molecule has 0 aromatic heterocycles. The Hall–Kier alpha value is -1.64. The summed E-state index contributed by atoms with van der Waals surface area (Å²) in [5.41, 5.74) is 8.11. The minimum atomic E-state index is 0.223. The van der Waals surface area contributed by atoms with Crippen molar-refractivity contribution in [1.82, 2.24) is 5.32 Å². The Kier molecular flexibility index (Phi) is 4.30. The molecular weight excluding hydrogens is 208 g/mol. The fourth-order valence-corrected chi connectivity index (χ4v) is 1.95. The molecule has 0 unspecified atom stereocenters. The first-order chi connectivity index (χ1) is 8.42. The highest BCUT2D eigenvalue weighted by molar-refractivity contribution is 5.31. The second-order valence-electron chi connectivity index (χ2n) is 4.00. The van der Waals surface area contributed by atoms with Gasteiger partial charge < -0.3 is 11.1 Å². The molecule has 0 spiro atoms. The van der Waals surface area contributed by atoms with Crippen molar-refractivity contribution in [3.8, 4) is 0 Å². The van der Waals surface area contributed by atoms with Crippen LogP contribution in [0.2, 0.25) is 0 Å². The summed E-state index contributed by atoms with van der Waals surface area (Å²) in [6.07, 6.45) is 0. The Morgan fingerprint density at radius 2 is 1.29 bits per heavy atom. The van der Waals surface area contributed by atoms with Gasteiger partial charge in [0.25, 0.3) is 0 Å². The second kappa shape index (κ2) is 6.18. The van der Waals surface area contributed by atoms with Crippen LogP contribution in [0, 0.1) is 0 Å². The highest BCUT2D eigenvalue weighted by Gasteiger charge is 2.11. The molecule has 3 N–H and O–H groups in total. The van der Waals surface area contributed by atoms with Crippen LogP contribution in [-0.4, -0.2) is 13.1 Å². The molecule has 0 saturated heterocycles. The number of hydrogen-bond acceptors (Lipinski definition) is 2. The first kappa shape index (κ1) is 11.8. The molecule has 88 valence electrons. The van der Waals surface area contributed by atoms with Crippen molar-refractivity contribution in [2.45, 2.75) is 6.04 Å². The molecule has 0 atom stereocenters. The van der Waals surface area contributed by atoms with Gasteiger partial charge >= 0.3 is 0 Å². The van der Waals surface area contributed by atoms with E-state index in [4.69, 9.17) is 5.73 Å². The lowest BCUT2D eigenvalue weighted by Crippen LogP contribution is -2.27. The van der Waals surface area contributed by atoms with Gasteiger partial charge in [0.1, 0.15) is 0 Å². The van der Waals surface area contributed by atoms with E-state index in [0.29, 0.717) is 6.54 Å². The molecule has 2 aromatic carbocycles. The Balaban J connectivity index is 2.26. The van der Waals surface area contributed by atoms with Crippen LogP contribution in [-0.2, 0) is 0 Å². The van der Waals surface area contributed by atoms with Gasteiger partial charge in [-0.3, -0.25) is 0 Å². The van der Waals surface area contributed by atoms with Gasteiger partial charge in [0.15, 0.2) is 0 Å². The van der Waals surface area contributed by atoms with E-state index in [-0.39, 0.29) is 6.04 Å². The Morgan fingerprint density at radius 3 is 1.71 bits per heavy atom. The quantitative estimate of drug-likeness (QED) is 0.821. The van der Waals surface area contributed by atoms with Crippen molar-refractivity contribution in [1.29, 1.82) is 0 Å². The number of nitrogens with one attached hydrogen (secondary N) is 1. The molecule has 2 nitrogen and oxygen atoms in total. The molecule has 0 aliphatic carbocycles. The lowest BCUT2D eigenvalue weighted by molar-refractivity contribution is 0.612. The lowest BCUT2D eigenvalue weighted by atomic mass is 9.99.